The first kappa shape index (κ1) is 26.4. The second-order valence-corrected chi connectivity index (χ2v) is 8.80. The molecule has 1 saturated heterocycles. The van der Waals surface area contributed by atoms with Crippen molar-refractivity contribution in [2.75, 3.05) is 13.2 Å². The number of rotatable bonds is 12. The molecule has 188 valence electrons. The molecule has 3 atom stereocenters. The third kappa shape index (κ3) is 7.37. The molecule has 0 radical (unpaired) electrons. The predicted octanol–water partition coefficient (Wildman–Crippen LogP) is 2.29. The van der Waals surface area contributed by atoms with Crippen LogP contribution in [0.15, 0.2) is 54.6 Å². The molecular formula is C27H35N3O5. The zero-order valence-corrected chi connectivity index (χ0v) is 20.2. The second kappa shape index (κ2) is 13.0. The van der Waals surface area contributed by atoms with E-state index in [2.05, 4.69) is 5.32 Å². The topological polar surface area (TPSA) is 122 Å². The summed E-state index contributed by atoms with van der Waals surface area (Å²) in [5.74, 6) is -1.74. The molecule has 4 N–H and O–H groups in total. The molecule has 2 aromatic rings. The van der Waals surface area contributed by atoms with Gasteiger partial charge in [0.2, 0.25) is 5.91 Å². The molecule has 1 heterocycles. The van der Waals surface area contributed by atoms with Crippen molar-refractivity contribution in [3.63, 3.8) is 0 Å². The van der Waals surface area contributed by atoms with Gasteiger partial charge in [-0.05, 0) is 55.7 Å². The van der Waals surface area contributed by atoms with Gasteiger partial charge in [-0.25, -0.2) is 4.79 Å². The summed E-state index contributed by atoms with van der Waals surface area (Å²) in [6.07, 6.45) is 2.45. The zero-order chi connectivity index (χ0) is 25.2. The van der Waals surface area contributed by atoms with Crippen LogP contribution in [-0.2, 0) is 38.5 Å². The van der Waals surface area contributed by atoms with Crippen LogP contribution < -0.4 is 11.1 Å². The number of ether oxygens (including phenoxy) is 1. The highest BCUT2D eigenvalue weighted by atomic mass is 16.5. The van der Waals surface area contributed by atoms with Crippen LogP contribution in [0.3, 0.4) is 0 Å². The number of hydrogen-bond acceptors (Lipinski definition) is 6. The maximum absolute atomic E-state index is 13.6. The van der Waals surface area contributed by atoms with E-state index in [-0.39, 0.29) is 12.5 Å². The lowest BCUT2D eigenvalue weighted by atomic mass is 9.99. The number of nitrogens with one attached hydrogen (secondary N) is 1. The fraction of sp³-hybridized carbons (Fsp3) is 0.444. The minimum absolute atomic E-state index is 0.231. The Hall–Kier alpha value is -3.23. The van der Waals surface area contributed by atoms with Gasteiger partial charge in [0.15, 0.2) is 0 Å². The molecule has 0 bridgehead atoms. The van der Waals surface area contributed by atoms with Gasteiger partial charge >= 0.3 is 11.9 Å². The Bertz CT molecular complexity index is 980. The lowest BCUT2D eigenvalue weighted by molar-refractivity contribution is -0.150. The van der Waals surface area contributed by atoms with Crippen LogP contribution in [0.2, 0.25) is 0 Å². The SMILES string of the molecule is CCOC(=O)[C@H](CCc1ccccc1)N[C@@H](Cc1ccc(CN)cc1)C(=O)N1CCC[C@H]1C(=O)O. The third-order valence-electron chi connectivity index (χ3n) is 6.36. The summed E-state index contributed by atoms with van der Waals surface area (Å²) in [5.41, 5.74) is 8.65. The van der Waals surface area contributed by atoms with E-state index in [0.29, 0.717) is 45.2 Å². The van der Waals surface area contributed by atoms with Crippen LogP contribution in [0.25, 0.3) is 0 Å². The van der Waals surface area contributed by atoms with Gasteiger partial charge in [-0.2, -0.15) is 0 Å². The Morgan fingerprint density at radius 1 is 1.06 bits per heavy atom. The first-order valence-electron chi connectivity index (χ1n) is 12.2. The lowest BCUT2D eigenvalue weighted by Crippen LogP contribution is -2.55. The van der Waals surface area contributed by atoms with Crippen LogP contribution in [0.4, 0.5) is 0 Å². The normalized spacial score (nSPS) is 17.1. The fourth-order valence-corrected chi connectivity index (χ4v) is 4.46. The zero-order valence-electron chi connectivity index (χ0n) is 20.2. The number of nitrogens with zero attached hydrogens (tertiary/aromatic N) is 1. The summed E-state index contributed by atoms with van der Waals surface area (Å²) in [4.78, 5) is 39.6. The van der Waals surface area contributed by atoms with E-state index in [0.717, 1.165) is 16.7 Å². The van der Waals surface area contributed by atoms with Crippen molar-refractivity contribution >= 4 is 17.8 Å². The molecule has 1 fully saturated rings. The molecule has 0 aliphatic carbocycles. The van der Waals surface area contributed by atoms with E-state index in [1.165, 1.54) is 4.90 Å². The van der Waals surface area contributed by atoms with Gasteiger partial charge in [0, 0.05) is 13.1 Å². The Balaban J connectivity index is 1.83. The number of aliphatic carboxylic acids is 1. The molecule has 0 unspecified atom stereocenters. The first-order valence-corrected chi connectivity index (χ1v) is 12.2. The van der Waals surface area contributed by atoms with E-state index in [4.69, 9.17) is 10.5 Å². The molecule has 1 amide bonds. The molecule has 1 aliphatic rings. The van der Waals surface area contributed by atoms with Gasteiger partial charge in [0.05, 0.1) is 12.6 Å². The molecule has 35 heavy (non-hydrogen) atoms. The Kier molecular flexibility index (Phi) is 9.81. The largest absolute Gasteiger partial charge is 0.480 e. The van der Waals surface area contributed by atoms with E-state index < -0.39 is 30.1 Å². The Morgan fingerprint density at radius 2 is 1.74 bits per heavy atom. The van der Waals surface area contributed by atoms with E-state index >= 15 is 0 Å². The van der Waals surface area contributed by atoms with Crippen molar-refractivity contribution in [3.8, 4) is 0 Å². The molecule has 2 aromatic carbocycles. The standard InChI is InChI=1S/C27H35N3O5/c1-2-35-27(34)22(15-14-19-7-4-3-5-8-19)29-23(17-20-10-12-21(18-28)13-11-20)25(31)30-16-6-9-24(30)26(32)33/h3-5,7-8,10-13,22-24,29H,2,6,9,14-18,28H2,1H3,(H,32,33)/t22-,23-,24-/m0/s1. The maximum Gasteiger partial charge on any atom is 0.326 e. The predicted molar refractivity (Wildman–Crippen MR) is 133 cm³/mol. The average Bonchev–Trinajstić information content (AvgIpc) is 3.37. The van der Waals surface area contributed by atoms with Gasteiger partial charge in [-0.15, -0.1) is 0 Å². The number of nitrogens with two attached hydrogens (primary N) is 1. The van der Waals surface area contributed by atoms with Crippen molar-refractivity contribution in [1.82, 2.24) is 10.2 Å². The smallest absolute Gasteiger partial charge is 0.326 e. The minimum atomic E-state index is -1.01. The van der Waals surface area contributed by atoms with Crippen LogP contribution in [0.5, 0.6) is 0 Å². The highest BCUT2D eigenvalue weighted by Crippen LogP contribution is 2.20. The molecule has 8 nitrogen and oxygen atoms in total. The monoisotopic (exact) mass is 481 g/mol. The minimum Gasteiger partial charge on any atom is -0.480 e. The number of carbonyl (C=O) groups excluding carboxylic acids is 2. The number of carboxylic acid groups (broad SMARTS) is 1. The van der Waals surface area contributed by atoms with Crippen LogP contribution in [-0.4, -0.2) is 59.1 Å². The number of carboxylic acids is 1. The average molecular weight is 482 g/mol. The first-order chi connectivity index (χ1) is 16.9. The second-order valence-electron chi connectivity index (χ2n) is 8.80. The van der Waals surface area contributed by atoms with Crippen molar-refractivity contribution in [2.45, 2.75) is 63.7 Å². The third-order valence-corrected chi connectivity index (χ3v) is 6.36. The van der Waals surface area contributed by atoms with Crippen molar-refractivity contribution in [2.24, 2.45) is 5.73 Å². The maximum atomic E-state index is 13.6. The van der Waals surface area contributed by atoms with E-state index in [1.54, 1.807) is 6.92 Å². The van der Waals surface area contributed by atoms with Crippen LogP contribution >= 0.6 is 0 Å². The molecule has 8 heteroatoms. The number of carbonyl (C=O) groups is 3. The number of amides is 1. The summed E-state index contributed by atoms with van der Waals surface area (Å²) in [6.45, 7) is 2.78. The number of benzene rings is 2. The Morgan fingerprint density at radius 3 is 2.37 bits per heavy atom. The quantitative estimate of drug-likeness (QED) is 0.398. The lowest BCUT2D eigenvalue weighted by Gasteiger charge is -2.30. The number of likely N-dealkylation sites (tertiary alicyclic amines) is 1. The van der Waals surface area contributed by atoms with Gasteiger partial charge in [-0.3, -0.25) is 14.9 Å². The molecule has 1 aliphatic heterocycles. The van der Waals surface area contributed by atoms with Crippen molar-refractivity contribution in [3.05, 3.63) is 71.3 Å². The van der Waals surface area contributed by atoms with Gasteiger partial charge in [0.1, 0.15) is 12.1 Å². The van der Waals surface area contributed by atoms with Crippen LogP contribution in [0.1, 0.15) is 42.9 Å². The highest BCUT2D eigenvalue weighted by Gasteiger charge is 2.38. The fourth-order valence-electron chi connectivity index (χ4n) is 4.46. The molecule has 3 rings (SSSR count). The summed E-state index contributed by atoms with van der Waals surface area (Å²) >= 11 is 0. The molecule has 0 aromatic heterocycles. The summed E-state index contributed by atoms with van der Waals surface area (Å²) in [5, 5.41) is 12.9. The summed E-state index contributed by atoms with van der Waals surface area (Å²) in [7, 11) is 0. The van der Waals surface area contributed by atoms with E-state index in [1.807, 2.05) is 54.6 Å². The number of aryl methyl sites for hydroxylation is 1. The van der Waals surface area contributed by atoms with Gasteiger partial charge < -0.3 is 20.5 Å². The van der Waals surface area contributed by atoms with Crippen LogP contribution in [0, 0.1) is 0 Å². The number of esters is 1. The highest BCUT2D eigenvalue weighted by molar-refractivity contribution is 5.88. The summed E-state index contributed by atoms with van der Waals surface area (Å²) < 4.78 is 5.30. The molecule has 0 saturated carbocycles. The van der Waals surface area contributed by atoms with Gasteiger partial charge in [0.25, 0.3) is 0 Å². The van der Waals surface area contributed by atoms with Gasteiger partial charge in [-0.1, -0.05) is 54.6 Å². The molecular weight excluding hydrogens is 446 g/mol. The molecule has 0 spiro atoms. The van der Waals surface area contributed by atoms with E-state index in [9.17, 15) is 19.5 Å². The number of hydrogen-bond donors (Lipinski definition) is 3. The van der Waals surface area contributed by atoms with Crippen molar-refractivity contribution < 1.29 is 24.2 Å². The van der Waals surface area contributed by atoms with Crippen molar-refractivity contribution in [1.29, 1.82) is 0 Å². The Labute approximate surface area is 206 Å². The summed E-state index contributed by atoms with van der Waals surface area (Å²) in [6, 6.07) is 15.1.